The van der Waals surface area contributed by atoms with Crippen LogP contribution in [0.5, 0.6) is 11.5 Å². The van der Waals surface area contributed by atoms with Gasteiger partial charge in [0.1, 0.15) is 10.9 Å². The summed E-state index contributed by atoms with van der Waals surface area (Å²) < 4.78 is 13.0. The maximum Gasteiger partial charge on any atom is 0.265 e. The highest BCUT2D eigenvalue weighted by atomic mass is 79.9. The molecule has 9 heteroatoms. The largest absolute Gasteiger partial charge is 0.490 e. The second kappa shape index (κ2) is 9.71. The molecule has 1 fully saturated rings. The monoisotopic (exact) mass is 531 g/mol. The van der Waals surface area contributed by atoms with Crippen LogP contribution in [-0.4, -0.2) is 28.8 Å². The Morgan fingerprint density at radius 1 is 1.24 bits per heavy atom. The average Bonchev–Trinajstić information content (AvgIpc) is 2.89. The molecular weight excluding hydrogens is 517 g/mol. The Bertz CT molecular complexity index is 1010. The molecule has 1 aliphatic rings. The number of carbonyl (C=O) groups is 1. The Morgan fingerprint density at radius 2 is 2.00 bits per heavy atom. The van der Waals surface area contributed by atoms with Crippen molar-refractivity contribution in [2.45, 2.75) is 13.5 Å². The maximum absolute atomic E-state index is 12.3. The summed E-state index contributed by atoms with van der Waals surface area (Å²) in [5.41, 5.74) is 1.60. The molecule has 0 unspecified atom stereocenters. The van der Waals surface area contributed by atoms with E-state index in [4.69, 9.17) is 44.9 Å². The molecule has 1 heterocycles. The van der Waals surface area contributed by atoms with E-state index in [0.29, 0.717) is 41.8 Å². The Morgan fingerprint density at radius 3 is 2.62 bits per heavy atom. The summed E-state index contributed by atoms with van der Waals surface area (Å²) in [7, 11) is 1.67. The van der Waals surface area contributed by atoms with Crippen LogP contribution in [0, 0.1) is 0 Å². The van der Waals surface area contributed by atoms with Crippen LogP contribution >= 0.6 is 63.1 Å². The first-order valence-electron chi connectivity index (χ1n) is 8.54. The van der Waals surface area contributed by atoms with Crippen molar-refractivity contribution in [3.8, 4) is 11.5 Å². The van der Waals surface area contributed by atoms with E-state index in [0.717, 1.165) is 11.1 Å². The van der Waals surface area contributed by atoms with Gasteiger partial charge in [-0.3, -0.25) is 9.69 Å². The molecule has 1 saturated heterocycles. The number of ether oxygens (including phenoxy) is 2. The standard InChI is InChI=1S/C20H16BrCl2NO3S2/c1-3-26-16-7-11(8-17-19(25)24(2)20(28)29-17)6-14(21)18(16)27-10-12-4-5-13(22)9-15(12)23/h4-9H,3,10H2,1-2H3/b17-8+. The van der Waals surface area contributed by atoms with Crippen molar-refractivity contribution in [3.63, 3.8) is 0 Å². The van der Waals surface area contributed by atoms with Crippen molar-refractivity contribution in [1.82, 2.24) is 4.90 Å². The Hall–Kier alpha value is -1.25. The highest BCUT2D eigenvalue weighted by Crippen LogP contribution is 2.40. The number of amides is 1. The molecule has 3 rings (SSSR count). The lowest BCUT2D eigenvalue weighted by Crippen LogP contribution is -2.22. The summed E-state index contributed by atoms with van der Waals surface area (Å²) >= 11 is 22.2. The Kier molecular flexibility index (Phi) is 7.51. The zero-order valence-electron chi connectivity index (χ0n) is 15.5. The van der Waals surface area contributed by atoms with E-state index in [1.54, 1.807) is 25.3 Å². The molecule has 0 spiro atoms. The van der Waals surface area contributed by atoms with Gasteiger partial charge in [0, 0.05) is 22.7 Å². The highest BCUT2D eigenvalue weighted by Gasteiger charge is 2.28. The van der Waals surface area contributed by atoms with Crippen molar-refractivity contribution in [2.75, 3.05) is 13.7 Å². The maximum atomic E-state index is 12.3. The summed E-state index contributed by atoms with van der Waals surface area (Å²) in [6, 6.07) is 8.95. The van der Waals surface area contributed by atoms with Gasteiger partial charge in [0.15, 0.2) is 11.5 Å². The highest BCUT2D eigenvalue weighted by molar-refractivity contribution is 9.10. The van der Waals surface area contributed by atoms with E-state index < -0.39 is 0 Å². The number of hydrogen-bond donors (Lipinski definition) is 0. The molecule has 0 radical (unpaired) electrons. The fraction of sp³-hybridized carbons (Fsp3) is 0.200. The first-order chi connectivity index (χ1) is 13.8. The minimum atomic E-state index is -0.119. The lowest BCUT2D eigenvalue weighted by Gasteiger charge is -2.15. The van der Waals surface area contributed by atoms with Gasteiger partial charge in [-0.15, -0.1) is 0 Å². The summed E-state index contributed by atoms with van der Waals surface area (Å²) in [4.78, 5) is 14.3. The van der Waals surface area contributed by atoms with E-state index in [1.807, 2.05) is 25.1 Å². The summed E-state index contributed by atoms with van der Waals surface area (Å²) in [6.45, 7) is 2.61. The first kappa shape index (κ1) is 22.4. The SMILES string of the molecule is CCOc1cc(/C=C2/SC(=S)N(C)C2=O)cc(Br)c1OCc1ccc(Cl)cc1Cl. The number of thioether (sulfide) groups is 1. The molecular formula is C20H16BrCl2NO3S2. The van der Waals surface area contributed by atoms with Gasteiger partial charge in [-0.25, -0.2) is 0 Å². The van der Waals surface area contributed by atoms with E-state index in [1.165, 1.54) is 16.7 Å². The number of rotatable bonds is 6. The molecule has 0 saturated carbocycles. The van der Waals surface area contributed by atoms with Gasteiger partial charge in [0.25, 0.3) is 5.91 Å². The minimum Gasteiger partial charge on any atom is -0.490 e. The molecule has 1 amide bonds. The van der Waals surface area contributed by atoms with Crippen LogP contribution in [0.2, 0.25) is 10.0 Å². The number of likely N-dealkylation sites (N-methyl/N-ethyl adjacent to an activating group) is 1. The molecule has 0 N–H and O–H groups in total. The van der Waals surface area contributed by atoms with Crippen molar-refractivity contribution in [1.29, 1.82) is 0 Å². The number of carbonyl (C=O) groups excluding carboxylic acids is 1. The van der Waals surface area contributed by atoms with Crippen LogP contribution in [0.3, 0.4) is 0 Å². The van der Waals surface area contributed by atoms with E-state index in [2.05, 4.69) is 15.9 Å². The molecule has 0 atom stereocenters. The van der Waals surface area contributed by atoms with Crippen LogP contribution in [0.25, 0.3) is 6.08 Å². The van der Waals surface area contributed by atoms with Gasteiger partial charge in [-0.1, -0.05) is 53.2 Å². The minimum absolute atomic E-state index is 0.119. The first-order valence-corrected chi connectivity index (χ1v) is 11.3. The van der Waals surface area contributed by atoms with Crippen molar-refractivity contribution < 1.29 is 14.3 Å². The van der Waals surface area contributed by atoms with Crippen LogP contribution in [0.1, 0.15) is 18.1 Å². The fourth-order valence-electron chi connectivity index (χ4n) is 2.56. The van der Waals surface area contributed by atoms with Crippen molar-refractivity contribution in [2.24, 2.45) is 0 Å². The predicted molar refractivity (Wildman–Crippen MR) is 127 cm³/mol. The molecule has 2 aromatic carbocycles. The van der Waals surface area contributed by atoms with Gasteiger partial charge in [0.05, 0.1) is 16.0 Å². The second-order valence-electron chi connectivity index (χ2n) is 6.03. The molecule has 2 aromatic rings. The lowest BCUT2D eigenvalue weighted by atomic mass is 10.1. The van der Waals surface area contributed by atoms with Crippen LogP contribution in [-0.2, 0) is 11.4 Å². The predicted octanol–water partition coefficient (Wildman–Crippen LogP) is 6.56. The third kappa shape index (κ3) is 5.27. The normalized spacial score (nSPS) is 15.3. The Balaban J connectivity index is 1.88. The molecule has 0 bridgehead atoms. The second-order valence-corrected chi connectivity index (χ2v) is 9.40. The summed E-state index contributed by atoms with van der Waals surface area (Å²) in [5.74, 6) is 0.995. The third-order valence-corrected chi connectivity index (χ3v) is 6.66. The van der Waals surface area contributed by atoms with Gasteiger partial charge in [0.2, 0.25) is 0 Å². The number of benzene rings is 2. The number of hydrogen-bond acceptors (Lipinski definition) is 5. The number of thiocarbonyl (C=S) groups is 1. The zero-order chi connectivity index (χ0) is 21.1. The van der Waals surface area contributed by atoms with Crippen LogP contribution in [0.4, 0.5) is 0 Å². The fourth-order valence-corrected chi connectivity index (χ4v) is 4.78. The molecule has 29 heavy (non-hydrogen) atoms. The smallest absolute Gasteiger partial charge is 0.265 e. The molecule has 152 valence electrons. The summed E-state index contributed by atoms with van der Waals surface area (Å²) in [6.07, 6.45) is 1.79. The molecule has 1 aliphatic heterocycles. The van der Waals surface area contributed by atoms with Crippen molar-refractivity contribution >= 4 is 79.4 Å². The Labute approximate surface area is 197 Å². The third-order valence-electron chi connectivity index (χ3n) is 4.00. The number of nitrogens with zero attached hydrogens (tertiary/aromatic N) is 1. The van der Waals surface area contributed by atoms with Crippen LogP contribution < -0.4 is 9.47 Å². The quantitative estimate of drug-likeness (QED) is 0.311. The molecule has 4 nitrogen and oxygen atoms in total. The number of halogens is 3. The van der Waals surface area contributed by atoms with Gasteiger partial charge < -0.3 is 9.47 Å². The van der Waals surface area contributed by atoms with E-state index >= 15 is 0 Å². The summed E-state index contributed by atoms with van der Waals surface area (Å²) in [5, 5.41) is 1.10. The van der Waals surface area contributed by atoms with Gasteiger partial charge in [-0.05, 0) is 58.8 Å². The van der Waals surface area contributed by atoms with Crippen LogP contribution in [0.15, 0.2) is 39.7 Å². The van der Waals surface area contributed by atoms with E-state index in [9.17, 15) is 4.79 Å². The van der Waals surface area contributed by atoms with Crippen molar-refractivity contribution in [3.05, 3.63) is 60.9 Å². The lowest BCUT2D eigenvalue weighted by molar-refractivity contribution is -0.121. The zero-order valence-corrected chi connectivity index (χ0v) is 20.2. The topological polar surface area (TPSA) is 38.8 Å². The molecule has 0 aromatic heterocycles. The van der Waals surface area contributed by atoms with Gasteiger partial charge >= 0.3 is 0 Å². The van der Waals surface area contributed by atoms with E-state index in [-0.39, 0.29) is 12.5 Å². The van der Waals surface area contributed by atoms with Gasteiger partial charge in [-0.2, -0.15) is 0 Å². The average molecular weight is 533 g/mol. The molecule has 0 aliphatic carbocycles.